The molecule has 10 nitrogen and oxygen atoms in total. The topological polar surface area (TPSA) is 106 Å². The van der Waals surface area contributed by atoms with E-state index < -0.39 is 0 Å². The largest absolute Gasteiger partial charge is 0.437 e. The number of aromatic nitrogens is 8. The summed E-state index contributed by atoms with van der Waals surface area (Å²) in [7, 11) is 3.77. The predicted octanol–water partition coefficient (Wildman–Crippen LogP) is 4.95. The van der Waals surface area contributed by atoms with Gasteiger partial charge >= 0.3 is 0 Å². The number of imidazole rings is 2. The van der Waals surface area contributed by atoms with Crippen molar-refractivity contribution in [2.45, 2.75) is 19.3 Å². The zero-order valence-corrected chi connectivity index (χ0v) is 20.8. The Hall–Kier alpha value is -4.86. The summed E-state index contributed by atoms with van der Waals surface area (Å²) in [6.45, 7) is 4.37. The smallest absolute Gasteiger partial charge is 0.250 e. The zero-order chi connectivity index (χ0) is 25.6. The highest BCUT2D eigenvalue weighted by Crippen LogP contribution is 2.35. The fourth-order valence-corrected chi connectivity index (χ4v) is 4.27. The zero-order valence-electron chi connectivity index (χ0n) is 20.8. The Labute approximate surface area is 212 Å². The van der Waals surface area contributed by atoms with Gasteiger partial charge in [-0.3, -0.25) is 0 Å². The van der Waals surface area contributed by atoms with Gasteiger partial charge in [-0.15, -0.1) is 0 Å². The van der Waals surface area contributed by atoms with E-state index in [-0.39, 0.29) is 5.41 Å². The summed E-state index contributed by atoms with van der Waals surface area (Å²) in [6, 6.07) is 16.0. The van der Waals surface area contributed by atoms with Crippen molar-refractivity contribution in [2.75, 3.05) is 0 Å². The highest BCUT2D eigenvalue weighted by atomic mass is 16.5. The van der Waals surface area contributed by atoms with Crippen LogP contribution in [0.1, 0.15) is 25.0 Å². The molecular formula is C27H24N8O2. The monoisotopic (exact) mass is 492 g/mol. The molecule has 0 spiro atoms. The Balaban J connectivity index is 1.20. The van der Waals surface area contributed by atoms with E-state index in [0.717, 1.165) is 22.4 Å². The Kier molecular flexibility index (Phi) is 5.29. The number of hydrogen-bond donors (Lipinski definition) is 0. The molecule has 184 valence electrons. The van der Waals surface area contributed by atoms with Gasteiger partial charge in [-0.25, -0.2) is 19.9 Å². The van der Waals surface area contributed by atoms with Crippen molar-refractivity contribution in [3.63, 3.8) is 0 Å². The Morgan fingerprint density at radius 1 is 0.568 bits per heavy atom. The molecule has 0 radical (unpaired) electrons. The van der Waals surface area contributed by atoms with Crippen LogP contribution >= 0.6 is 0 Å². The van der Waals surface area contributed by atoms with Crippen molar-refractivity contribution in [1.29, 1.82) is 0 Å². The van der Waals surface area contributed by atoms with E-state index >= 15 is 0 Å². The van der Waals surface area contributed by atoms with Gasteiger partial charge in [0.1, 0.15) is 24.2 Å². The second-order valence-corrected chi connectivity index (χ2v) is 9.29. The van der Waals surface area contributed by atoms with Gasteiger partial charge < -0.3 is 18.6 Å². The van der Waals surface area contributed by atoms with E-state index in [1.54, 1.807) is 12.7 Å². The van der Waals surface area contributed by atoms with E-state index in [0.29, 0.717) is 34.3 Å². The number of rotatable bonds is 6. The molecule has 0 fully saturated rings. The molecule has 0 aliphatic heterocycles. The van der Waals surface area contributed by atoms with Crippen LogP contribution in [0.2, 0.25) is 0 Å². The van der Waals surface area contributed by atoms with E-state index in [2.05, 4.69) is 68.0 Å². The summed E-state index contributed by atoms with van der Waals surface area (Å²) in [6.07, 6.45) is 6.35. The third-order valence-corrected chi connectivity index (χ3v) is 6.51. The van der Waals surface area contributed by atoms with E-state index in [1.165, 1.54) is 12.7 Å². The van der Waals surface area contributed by atoms with Crippen LogP contribution in [-0.2, 0) is 19.5 Å². The first kappa shape index (κ1) is 22.6. The molecule has 2 aromatic carbocycles. The quantitative estimate of drug-likeness (QED) is 0.322. The van der Waals surface area contributed by atoms with Crippen molar-refractivity contribution in [2.24, 2.45) is 14.1 Å². The van der Waals surface area contributed by atoms with E-state index in [9.17, 15) is 0 Å². The molecule has 0 aliphatic rings. The fourth-order valence-electron chi connectivity index (χ4n) is 4.27. The van der Waals surface area contributed by atoms with Crippen LogP contribution in [0.5, 0.6) is 23.3 Å². The lowest BCUT2D eigenvalue weighted by Gasteiger charge is -2.26. The molecule has 0 bridgehead atoms. The van der Waals surface area contributed by atoms with Gasteiger partial charge in [0.05, 0.1) is 12.7 Å². The first-order valence-corrected chi connectivity index (χ1v) is 11.7. The summed E-state index contributed by atoms with van der Waals surface area (Å²) >= 11 is 0. The number of hydrogen-bond acceptors (Lipinski definition) is 8. The maximum absolute atomic E-state index is 6.02. The van der Waals surface area contributed by atoms with Gasteiger partial charge in [0, 0.05) is 19.5 Å². The second kappa shape index (κ2) is 8.66. The van der Waals surface area contributed by atoms with Gasteiger partial charge in [0.2, 0.25) is 0 Å². The summed E-state index contributed by atoms with van der Waals surface area (Å²) < 4.78 is 15.7. The van der Waals surface area contributed by atoms with Crippen molar-refractivity contribution in [3.8, 4) is 23.3 Å². The van der Waals surface area contributed by atoms with Gasteiger partial charge in [0.25, 0.3) is 11.8 Å². The average Bonchev–Trinajstić information content (AvgIpc) is 3.49. The summed E-state index contributed by atoms with van der Waals surface area (Å²) in [5.74, 6) is 2.22. The number of benzene rings is 2. The lowest BCUT2D eigenvalue weighted by molar-refractivity contribution is 0.466. The molecule has 0 amide bonds. The van der Waals surface area contributed by atoms with Crippen molar-refractivity contribution in [3.05, 3.63) is 85.0 Å². The molecule has 0 saturated heterocycles. The molecular weight excluding hydrogens is 468 g/mol. The fraction of sp³-hybridized carbons (Fsp3) is 0.185. The number of nitrogens with zero attached hydrogens (tertiary/aromatic N) is 8. The lowest BCUT2D eigenvalue weighted by atomic mass is 9.78. The predicted molar refractivity (Wildman–Crippen MR) is 138 cm³/mol. The average molecular weight is 493 g/mol. The van der Waals surface area contributed by atoms with Crippen LogP contribution < -0.4 is 9.47 Å². The minimum atomic E-state index is -0.247. The summed E-state index contributed by atoms with van der Waals surface area (Å²) in [5, 5.41) is 0. The third kappa shape index (κ3) is 4.02. The van der Waals surface area contributed by atoms with Crippen LogP contribution in [0.3, 0.4) is 0 Å². The molecule has 4 heterocycles. The van der Waals surface area contributed by atoms with Crippen LogP contribution in [0.15, 0.2) is 73.8 Å². The highest BCUT2D eigenvalue weighted by Gasteiger charge is 2.23. The molecule has 37 heavy (non-hydrogen) atoms. The van der Waals surface area contributed by atoms with E-state index in [1.807, 2.05) is 47.5 Å². The van der Waals surface area contributed by atoms with Gasteiger partial charge in [-0.2, -0.15) is 9.97 Å². The third-order valence-electron chi connectivity index (χ3n) is 6.51. The van der Waals surface area contributed by atoms with Crippen molar-refractivity contribution in [1.82, 2.24) is 39.0 Å². The Bertz CT molecular complexity index is 1590. The highest BCUT2D eigenvalue weighted by molar-refractivity contribution is 5.76. The van der Waals surface area contributed by atoms with Gasteiger partial charge in [0.15, 0.2) is 22.3 Å². The summed E-state index contributed by atoms with van der Waals surface area (Å²) in [4.78, 5) is 25.7. The van der Waals surface area contributed by atoms with Crippen LogP contribution in [-0.4, -0.2) is 39.0 Å². The molecule has 0 saturated carbocycles. The first-order valence-electron chi connectivity index (χ1n) is 11.7. The Morgan fingerprint density at radius 3 is 1.38 bits per heavy atom. The molecule has 6 rings (SSSR count). The standard InChI is InChI=1S/C27H24N8O2/c1-27(2,17-5-9-19(10-6-17)36-25-21-23(28-13-30-25)34(3)15-32-21)18-7-11-20(12-8-18)37-26-22-24(29-14-31-26)35(4)16-33-22/h5-16H,1-4H3. The molecule has 0 atom stereocenters. The maximum Gasteiger partial charge on any atom is 0.250 e. The molecule has 10 heteroatoms. The molecule has 0 aliphatic carbocycles. The minimum Gasteiger partial charge on any atom is -0.437 e. The number of aryl methyl sites for hydroxylation is 2. The first-order chi connectivity index (χ1) is 17.9. The summed E-state index contributed by atoms with van der Waals surface area (Å²) in [5.41, 5.74) is 4.74. The van der Waals surface area contributed by atoms with Gasteiger partial charge in [-0.1, -0.05) is 38.1 Å². The molecule has 0 N–H and O–H groups in total. The minimum absolute atomic E-state index is 0.247. The normalized spacial score (nSPS) is 11.8. The lowest BCUT2D eigenvalue weighted by Crippen LogP contribution is -2.18. The van der Waals surface area contributed by atoms with Crippen molar-refractivity contribution >= 4 is 22.3 Å². The maximum atomic E-state index is 6.02. The molecule has 6 aromatic rings. The number of ether oxygens (including phenoxy) is 2. The van der Waals surface area contributed by atoms with Crippen molar-refractivity contribution < 1.29 is 9.47 Å². The number of fused-ring (bicyclic) bond motifs is 2. The van der Waals surface area contributed by atoms with Gasteiger partial charge in [-0.05, 0) is 35.4 Å². The van der Waals surface area contributed by atoms with Crippen LogP contribution in [0.25, 0.3) is 22.3 Å². The SMILES string of the molecule is Cn1cnc2c(Oc3ccc(C(C)(C)c4ccc(Oc5ncnc6c5ncn6C)cc4)cc3)ncnc21. The molecule has 0 unspecified atom stereocenters. The Morgan fingerprint density at radius 2 is 0.973 bits per heavy atom. The van der Waals surface area contributed by atoms with Crippen LogP contribution in [0.4, 0.5) is 0 Å². The molecule has 4 aromatic heterocycles. The second-order valence-electron chi connectivity index (χ2n) is 9.29. The van der Waals surface area contributed by atoms with E-state index in [4.69, 9.17) is 9.47 Å². The van der Waals surface area contributed by atoms with Crippen LogP contribution in [0, 0.1) is 0 Å².